The first kappa shape index (κ1) is 19.0. The normalized spacial score (nSPS) is 11.0. The number of hydrogen-bond acceptors (Lipinski definition) is 5. The van der Waals surface area contributed by atoms with E-state index in [1.54, 1.807) is 24.3 Å². The van der Waals surface area contributed by atoms with Crippen molar-refractivity contribution >= 4 is 32.4 Å². The average Bonchev–Trinajstić information content (AvgIpc) is 2.58. The summed E-state index contributed by atoms with van der Waals surface area (Å²) in [6, 6.07) is 12.0. The molecular formula is C18H17ClN2O3S. The highest BCUT2D eigenvalue weighted by Crippen LogP contribution is 2.28. The lowest BCUT2D eigenvalue weighted by Gasteiger charge is -2.15. The zero-order valence-corrected chi connectivity index (χ0v) is 15.4. The van der Waals surface area contributed by atoms with Gasteiger partial charge in [0.2, 0.25) is 0 Å². The molecule has 0 saturated heterocycles. The molecule has 0 atom stereocenters. The maximum Gasteiger partial charge on any atom is 0.252 e. The highest BCUT2D eigenvalue weighted by Gasteiger charge is 2.19. The molecule has 2 aromatic rings. The summed E-state index contributed by atoms with van der Waals surface area (Å²) in [5.74, 6) is 0. The Morgan fingerprint density at radius 3 is 2.56 bits per heavy atom. The number of sulfone groups is 1. The smallest absolute Gasteiger partial charge is 0.252 e. The van der Waals surface area contributed by atoms with Crippen LogP contribution in [0.3, 0.4) is 0 Å². The molecular weight excluding hydrogens is 360 g/mol. The molecule has 0 aliphatic carbocycles. The van der Waals surface area contributed by atoms with E-state index < -0.39 is 15.1 Å². The Labute approximate surface area is 152 Å². The van der Waals surface area contributed by atoms with Crippen LogP contribution < -0.4 is 5.32 Å². The van der Waals surface area contributed by atoms with E-state index in [4.69, 9.17) is 16.9 Å². The third kappa shape index (κ3) is 4.59. The molecule has 0 saturated carbocycles. The number of nitrogens with zero attached hydrogens (tertiary/aromatic N) is 1. The molecule has 2 rings (SSSR count). The van der Waals surface area contributed by atoms with Gasteiger partial charge < -0.3 is 5.32 Å². The number of nitriles is 1. The largest absolute Gasteiger partial charge is 0.380 e. The van der Waals surface area contributed by atoms with Crippen LogP contribution in [0.1, 0.15) is 34.0 Å². The summed E-state index contributed by atoms with van der Waals surface area (Å²) >= 11 is 5.58. The van der Waals surface area contributed by atoms with Gasteiger partial charge in [-0.05, 0) is 53.4 Å². The Bertz CT molecular complexity index is 963. The summed E-state index contributed by atoms with van der Waals surface area (Å²) in [7, 11) is -3.56. The fraction of sp³-hybridized carbons (Fsp3) is 0.222. The molecule has 1 N–H and O–H groups in total. The van der Waals surface area contributed by atoms with Crippen LogP contribution in [0.5, 0.6) is 0 Å². The van der Waals surface area contributed by atoms with Crippen LogP contribution >= 0.6 is 11.6 Å². The van der Waals surface area contributed by atoms with Crippen molar-refractivity contribution in [3.05, 3.63) is 58.7 Å². The van der Waals surface area contributed by atoms with Crippen LogP contribution in [0, 0.1) is 11.3 Å². The van der Waals surface area contributed by atoms with Crippen molar-refractivity contribution in [3.8, 4) is 6.07 Å². The number of carbonyl (C=O) groups is 1. The van der Waals surface area contributed by atoms with E-state index in [1.165, 1.54) is 6.07 Å². The molecule has 130 valence electrons. The van der Waals surface area contributed by atoms with Gasteiger partial charge in [0.15, 0.2) is 9.84 Å². The number of hydrogen-bond donors (Lipinski definition) is 1. The zero-order valence-electron chi connectivity index (χ0n) is 13.8. The lowest BCUT2D eigenvalue weighted by atomic mass is 10.0. The maximum absolute atomic E-state index is 12.1. The van der Waals surface area contributed by atoms with Crippen molar-refractivity contribution in [3.63, 3.8) is 0 Å². The van der Waals surface area contributed by atoms with Crippen molar-refractivity contribution in [1.29, 1.82) is 5.26 Å². The maximum atomic E-state index is 12.1. The predicted octanol–water partition coefficient (Wildman–Crippen LogP) is 3.52. The topological polar surface area (TPSA) is 87.0 Å². The minimum Gasteiger partial charge on any atom is -0.380 e. The Balaban J connectivity index is 2.45. The molecule has 0 radical (unpaired) electrons. The summed E-state index contributed by atoms with van der Waals surface area (Å²) in [5, 5.41) is 11.4. The van der Waals surface area contributed by atoms with Gasteiger partial charge in [-0.25, -0.2) is 8.42 Å². The standard InChI is InChI=1S/C18H17ClN2O3S/c1-3-14-8-16(17(25(2,23)24)9-15(14)18(19)22)21-11-13-6-4-5-12(7-13)10-20/h4-9,21H,3,11H2,1-2H3. The summed E-state index contributed by atoms with van der Waals surface area (Å²) in [6.07, 6.45) is 1.62. The van der Waals surface area contributed by atoms with E-state index in [0.717, 1.165) is 11.8 Å². The van der Waals surface area contributed by atoms with Crippen molar-refractivity contribution in [2.45, 2.75) is 24.8 Å². The van der Waals surface area contributed by atoms with Gasteiger partial charge in [0.25, 0.3) is 5.24 Å². The Kier molecular flexibility index (Phi) is 5.83. The van der Waals surface area contributed by atoms with Gasteiger partial charge in [0.1, 0.15) is 0 Å². The van der Waals surface area contributed by atoms with Crippen molar-refractivity contribution in [2.75, 3.05) is 11.6 Å². The second-order valence-electron chi connectivity index (χ2n) is 5.57. The third-order valence-electron chi connectivity index (χ3n) is 3.74. The first-order valence-corrected chi connectivity index (χ1v) is 9.83. The van der Waals surface area contributed by atoms with Crippen molar-refractivity contribution in [2.24, 2.45) is 0 Å². The van der Waals surface area contributed by atoms with E-state index in [1.807, 2.05) is 13.0 Å². The molecule has 0 amide bonds. The molecule has 0 fully saturated rings. The van der Waals surface area contributed by atoms with Gasteiger partial charge in [-0.2, -0.15) is 5.26 Å². The van der Waals surface area contributed by atoms with Crippen LogP contribution in [0.15, 0.2) is 41.3 Å². The lowest BCUT2D eigenvalue weighted by Crippen LogP contribution is -2.10. The molecule has 0 aliphatic rings. The van der Waals surface area contributed by atoms with Gasteiger partial charge >= 0.3 is 0 Å². The summed E-state index contributed by atoms with van der Waals surface area (Å²) in [4.78, 5) is 11.6. The van der Waals surface area contributed by atoms with Crippen molar-refractivity contribution in [1.82, 2.24) is 0 Å². The second kappa shape index (κ2) is 7.68. The molecule has 0 bridgehead atoms. The van der Waals surface area contributed by atoms with E-state index in [-0.39, 0.29) is 10.5 Å². The Morgan fingerprint density at radius 2 is 2.00 bits per heavy atom. The van der Waals surface area contributed by atoms with Gasteiger partial charge in [-0.1, -0.05) is 19.1 Å². The fourth-order valence-electron chi connectivity index (χ4n) is 2.49. The SMILES string of the molecule is CCc1cc(NCc2cccc(C#N)c2)c(S(C)(=O)=O)cc1C(=O)Cl. The quantitative estimate of drug-likeness (QED) is 0.779. The number of halogens is 1. The molecule has 5 nitrogen and oxygen atoms in total. The minimum absolute atomic E-state index is 0.0186. The van der Waals surface area contributed by atoms with Gasteiger partial charge in [0, 0.05) is 18.4 Å². The molecule has 0 aromatic heterocycles. The van der Waals surface area contributed by atoms with E-state index >= 15 is 0 Å². The molecule has 7 heteroatoms. The lowest BCUT2D eigenvalue weighted by molar-refractivity contribution is 0.108. The predicted molar refractivity (Wildman–Crippen MR) is 97.6 cm³/mol. The highest BCUT2D eigenvalue weighted by atomic mass is 35.5. The van der Waals surface area contributed by atoms with Crippen LogP contribution in [0.4, 0.5) is 5.69 Å². The number of rotatable bonds is 6. The van der Waals surface area contributed by atoms with E-state index in [0.29, 0.717) is 29.8 Å². The van der Waals surface area contributed by atoms with Crippen LogP contribution in [0.25, 0.3) is 0 Å². The summed E-state index contributed by atoms with van der Waals surface area (Å²) in [6.45, 7) is 2.20. The number of aryl methyl sites for hydroxylation is 1. The molecule has 25 heavy (non-hydrogen) atoms. The average molecular weight is 377 g/mol. The second-order valence-corrected chi connectivity index (χ2v) is 7.90. The first-order chi connectivity index (χ1) is 11.8. The first-order valence-electron chi connectivity index (χ1n) is 7.56. The van der Waals surface area contributed by atoms with E-state index in [2.05, 4.69) is 11.4 Å². The number of nitrogens with one attached hydrogen (secondary N) is 1. The third-order valence-corrected chi connectivity index (χ3v) is 5.08. The molecule has 0 unspecified atom stereocenters. The Morgan fingerprint density at radius 1 is 1.28 bits per heavy atom. The molecule has 0 heterocycles. The molecule has 0 spiro atoms. The van der Waals surface area contributed by atoms with Gasteiger partial charge in [-0.3, -0.25) is 4.79 Å². The van der Waals surface area contributed by atoms with Crippen LogP contribution in [-0.4, -0.2) is 19.9 Å². The Hall–Kier alpha value is -2.36. The van der Waals surface area contributed by atoms with Crippen LogP contribution in [-0.2, 0) is 22.8 Å². The number of benzene rings is 2. The zero-order chi connectivity index (χ0) is 18.6. The van der Waals surface area contributed by atoms with Gasteiger partial charge in [0.05, 0.1) is 22.2 Å². The monoisotopic (exact) mass is 376 g/mol. The molecule has 2 aromatic carbocycles. The minimum atomic E-state index is -3.56. The van der Waals surface area contributed by atoms with Gasteiger partial charge in [-0.15, -0.1) is 0 Å². The van der Waals surface area contributed by atoms with Crippen molar-refractivity contribution < 1.29 is 13.2 Å². The summed E-state index contributed by atoms with van der Waals surface area (Å²) < 4.78 is 24.2. The number of anilines is 1. The number of carbonyl (C=O) groups excluding carboxylic acids is 1. The summed E-state index contributed by atoms with van der Waals surface area (Å²) in [5.41, 5.74) is 2.64. The van der Waals surface area contributed by atoms with E-state index in [9.17, 15) is 13.2 Å². The highest BCUT2D eigenvalue weighted by molar-refractivity contribution is 7.90. The van der Waals surface area contributed by atoms with Crippen LogP contribution in [0.2, 0.25) is 0 Å². The molecule has 0 aliphatic heterocycles. The fourth-order valence-corrected chi connectivity index (χ4v) is 3.53.